The van der Waals surface area contributed by atoms with Crippen LogP contribution in [0.25, 0.3) is 0 Å². The van der Waals surface area contributed by atoms with Crippen molar-refractivity contribution < 1.29 is 13.6 Å². The second-order valence-electron chi connectivity index (χ2n) is 3.61. The number of hydrogen-bond donors (Lipinski definition) is 2. The zero-order chi connectivity index (χ0) is 13.8. The van der Waals surface area contributed by atoms with Crippen LogP contribution in [0.5, 0.6) is 0 Å². The lowest BCUT2D eigenvalue weighted by Crippen LogP contribution is -2.12. The van der Waals surface area contributed by atoms with Crippen LogP contribution in [0.15, 0.2) is 32.7 Å². The molecule has 0 aliphatic heterocycles. The third-order valence-corrected chi connectivity index (χ3v) is 5.24. The highest BCUT2D eigenvalue weighted by molar-refractivity contribution is 9.10. The standard InChI is InChI=1S/C10H13BrN2O3S2/c1-18(15,16)5-4-17-9-3-2-7(6-8(9)11)10(12)13-14/h2-3,6,14H,4-5H2,1H3,(H2,12,13). The first-order valence-corrected chi connectivity index (χ1v) is 8.75. The summed E-state index contributed by atoms with van der Waals surface area (Å²) in [6, 6.07) is 5.23. The van der Waals surface area contributed by atoms with Gasteiger partial charge in [0.1, 0.15) is 9.84 Å². The molecule has 1 rings (SSSR count). The topological polar surface area (TPSA) is 92.8 Å². The number of amidine groups is 1. The predicted octanol–water partition coefficient (Wildman–Crippen LogP) is 1.68. The molecule has 0 amide bonds. The van der Waals surface area contributed by atoms with Crippen LogP contribution in [0.1, 0.15) is 5.56 Å². The molecule has 100 valence electrons. The summed E-state index contributed by atoms with van der Waals surface area (Å²) in [7, 11) is -2.94. The largest absolute Gasteiger partial charge is 0.409 e. The van der Waals surface area contributed by atoms with E-state index in [0.717, 1.165) is 9.37 Å². The molecule has 0 aliphatic carbocycles. The Kier molecular flexibility index (Phi) is 5.48. The first-order chi connectivity index (χ1) is 8.33. The number of nitrogens with zero attached hydrogens (tertiary/aromatic N) is 1. The maximum absolute atomic E-state index is 11.0. The predicted molar refractivity (Wildman–Crippen MR) is 77.1 cm³/mol. The second-order valence-corrected chi connectivity index (χ2v) is 7.86. The van der Waals surface area contributed by atoms with Crippen LogP contribution in [0.4, 0.5) is 0 Å². The van der Waals surface area contributed by atoms with Crippen molar-refractivity contribution in [2.75, 3.05) is 17.8 Å². The van der Waals surface area contributed by atoms with E-state index < -0.39 is 9.84 Å². The smallest absolute Gasteiger partial charge is 0.170 e. The molecule has 18 heavy (non-hydrogen) atoms. The Hall–Kier alpha value is -0.730. The maximum atomic E-state index is 11.0. The fraction of sp³-hybridized carbons (Fsp3) is 0.300. The Bertz CT molecular complexity index is 558. The Labute approximate surface area is 118 Å². The Balaban J connectivity index is 2.75. The van der Waals surface area contributed by atoms with Crippen molar-refractivity contribution in [3.05, 3.63) is 28.2 Å². The van der Waals surface area contributed by atoms with Crippen molar-refractivity contribution in [1.82, 2.24) is 0 Å². The number of benzene rings is 1. The molecular weight excluding hydrogens is 340 g/mol. The van der Waals surface area contributed by atoms with Gasteiger partial charge in [-0.25, -0.2) is 8.42 Å². The van der Waals surface area contributed by atoms with Gasteiger partial charge in [0.2, 0.25) is 0 Å². The lowest BCUT2D eigenvalue weighted by atomic mass is 10.2. The summed E-state index contributed by atoms with van der Waals surface area (Å²) < 4.78 is 22.8. The Morgan fingerprint density at radius 2 is 2.22 bits per heavy atom. The number of oxime groups is 1. The van der Waals surface area contributed by atoms with Gasteiger partial charge in [-0.15, -0.1) is 11.8 Å². The summed E-state index contributed by atoms with van der Waals surface area (Å²) in [6.07, 6.45) is 1.21. The fourth-order valence-corrected chi connectivity index (χ4v) is 3.99. The normalized spacial score (nSPS) is 12.7. The molecule has 3 N–H and O–H groups in total. The van der Waals surface area contributed by atoms with E-state index in [0.29, 0.717) is 11.3 Å². The molecule has 0 spiro atoms. The van der Waals surface area contributed by atoms with E-state index in [9.17, 15) is 8.42 Å². The van der Waals surface area contributed by atoms with Crippen LogP contribution in [0.2, 0.25) is 0 Å². The highest BCUT2D eigenvalue weighted by Gasteiger charge is 2.07. The third kappa shape index (κ3) is 4.87. The maximum Gasteiger partial charge on any atom is 0.170 e. The summed E-state index contributed by atoms with van der Waals surface area (Å²) in [5, 5.41) is 11.5. The van der Waals surface area contributed by atoms with Crippen molar-refractivity contribution in [3.63, 3.8) is 0 Å². The van der Waals surface area contributed by atoms with Gasteiger partial charge in [0.25, 0.3) is 0 Å². The zero-order valence-electron chi connectivity index (χ0n) is 9.63. The van der Waals surface area contributed by atoms with E-state index in [-0.39, 0.29) is 11.6 Å². The molecule has 0 saturated heterocycles. The first kappa shape index (κ1) is 15.3. The van der Waals surface area contributed by atoms with E-state index in [1.54, 1.807) is 18.2 Å². The van der Waals surface area contributed by atoms with Gasteiger partial charge in [-0.05, 0) is 34.1 Å². The van der Waals surface area contributed by atoms with Gasteiger partial charge in [0.05, 0.1) is 5.75 Å². The summed E-state index contributed by atoms with van der Waals surface area (Å²) in [4.78, 5) is 0.910. The van der Waals surface area contributed by atoms with Gasteiger partial charge >= 0.3 is 0 Å². The second kappa shape index (κ2) is 6.44. The van der Waals surface area contributed by atoms with Crippen molar-refractivity contribution >= 4 is 43.4 Å². The van der Waals surface area contributed by atoms with Crippen molar-refractivity contribution in [1.29, 1.82) is 0 Å². The molecule has 0 radical (unpaired) electrons. The molecule has 0 unspecified atom stereocenters. The lowest BCUT2D eigenvalue weighted by Gasteiger charge is -2.06. The minimum Gasteiger partial charge on any atom is -0.409 e. The van der Waals surface area contributed by atoms with Crippen molar-refractivity contribution in [2.24, 2.45) is 10.9 Å². The SMILES string of the molecule is CS(=O)(=O)CCSc1ccc(/C(N)=N/O)cc1Br. The molecule has 1 aromatic carbocycles. The molecule has 1 aromatic rings. The summed E-state index contributed by atoms with van der Waals surface area (Å²) >= 11 is 4.80. The monoisotopic (exact) mass is 352 g/mol. The zero-order valence-corrected chi connectivity index (χ0v) is 12.8. The Morgan fingerprint density at radius 3 is 2.72 bits per heavy atom. The van der Waals surface area contributed by atoms with Crippen LogP contribution >= 0.6 is 27.7 Å². The number of rotatable bonds is 5. The number of nitrogens with two attached hydrogens (primary N) is 1. The quantitative estimate of drug-likeness (QED) is 0.276. The van der Waals surface area contributed by atoms with Crippen molar-refractivity contribution in [2.45, 2.75) is 4.90 Å². The summed E-state index contributed by atoms with van der Waals surface area (Å²) in [5.41, 5.74) is 6.06. The van der Waals surface area contributed by atoms with E-state index >= 15 is 0 Å². The molecule has 8 heteroatoms. The van der Waals surface area contributed by atoms with Crippen molar-refractivity contribution in [3.8, 4) is 0 Å². The molecule has 0 aliphatic rings. The molecule has 0 fully saturated rings. The molecule has 0 saturated carbocycles. The van der Waals surface area contributed by atoms with Gasteiger partial charge in [0.15, 0.2) is 5.84 Å². The number of sulfone groups is 1. The lowest BCUT2D eigenvalue weighted by molar-refractivity contribution is 0.318. The van der Waals surface area contributed by atoms with Crippen LogP contribution in [-0.4, -0.2) is 37.2 Å². The highest BCUT2D eigenvalue weighted by Crippen LogP contribution is 2.28. The van der Waals surface area contributed by atoms with Gasteiger partial charge in [-0.2, -0.15) is 0 Å². The minimum absolute atomic E-state index is 0.0309. The van der Waals surface area contributed by atoms with E-state index in [4.69, 9.17) is 10.9 Å². The molecule has 0 atom stereocenters. The van der Waals surface area contributed by atoms with Gasteiger partial charge in [-0.3, -0.25) is 0 Å². The number of hydrogen-bond acceptors (Lipinski definition) is 5. The van der Waals surface area contributed by atoms with Crippen LogP contribution < -0.4 is 5.73 Å². The van der Waals surface area contributed by atoms with Gasteiger partial charge in [-0.1, -0.05) is 5.16 Å². The molecule has 0 aromatic heterocycles. The van der Waals surface area contributed by atoms with E-state index in [1.807, 2.05) is 0 Å². The molecule has 5 nitrogen and oxygen atoms in total. The third-order valence-electron chi connectivity index (χ3n) is 2.05. The minimum atomic E-state index is -2.94. The molecule has 0 bridgehead atoms. The van der Waals surface area contributed by atoms with Gasteiger partial charge in [0, 0.05) is 26.9 Å². The van der Waals surface area contributed by atoms with Crippen LogP contribution in [0, 0.1) is 0 Å². The number of thioether (sulfide) groups is 1. The number of halogens is 1. The Morgan fingerprint density at radius 1 is 1.56 bits per heavy atom. The summed E-state index contributed by atoms with van der Waals surface area (Å²) in [5.74, 6) is 0.648. The fourth-order valence-electron chi connectivity index (χ4n) is 1.14. The van der Waals surface area contributed by atoms with Crippen LogP contribution in [0.3, 0.4) is 0 Å². The average Bonchev–Trinajstić information content (AvgIpc) is 2.28. The first-order valence-electron chi connectivity index (χ1n) is 4.91. The summed E-state index contributed by atoms with van der Waals surface area (Å²) in [6.45, 7) is 0. The van der Waals surface area contributed by atoms with E-state index in [2.05, 4.69) is 21.1 Å². The van der Waals surface area contributed by atoms with Crippen LogP contribution in [-0.2, 0) is 9.84 Å². The molecular formula is C10H13BrN2O3S2. The highest BCUT2D eigenvalue weighted by atomic mass is 79.9. The van der Waals surface area contributed by atoms with E-state index in [1.165, 1.54) is 18.0 Å². The van der Waals surface area contributed by atoms with Gasteiger partial charge < -0.3 is 10.9 Å². The molecule has 0 heterocycles. The average molecular weight is 353 g/mol.